The highest BCUT2D eigenvalue weighted by Gasteiger charge is 2.27. The first-order chi connectivity index (χ1) is 12.1. The predicted molar refractivity (Wildman–Crippen MR) is 92.7 cm³/mol. The van der Waals surface area contributed by atoms with Crippen LogP contribution in [0.2, 0.25) is 0 Å². The van der Waals surface area contributed by atoms with E-state index in [0.717, 1.165) is 37.0 Å². The summed E-state index contributed by atoms with van der Waals surface area (Å²) < 4.78 is 5.84. The second-order valence-electron chi connectivity index (χ2n) is 5.95. The summed E-state index contributed by atoms with van der Waals surface area (Å²) in [6, 6.07) is 6.57. The second kappa shape index (κ2) is 6.01. The first-order valence-electron chi connectivity index (χ1n) is 8.05. The summed E-state index contributed by atoms with van der Waals surface area (Å²) in [5.41, 5.74) is 1.34. The molecule has 2 heterocycles. The zero-order valence-electron chi connectivity index (χ0n) is 13.3. The molecule has 126 valence electrons. The highest BCUT2D eigenvalue weighted by molar-refractivity contribution is 6.05. The predicted octanol–water partition coefficient (Wildman–Crippen LogP) is 4.07. The Kier molecular flexibility index (Phi) is 3.68. The number of aryl methyl sites for hydroxylation is 2. The molecule has 2 aromatic heterocycles. The average molecular weight is 337 g/mol. The van der Waals surface area contributed by atoms with E-state index in [9.17, 15) is 15.2 Å². The highest BCUT2D eigenvalue weighted by atomic mass is 16.6. The summed E-state index contributed by atoms with van der Waals surface area (Å²) in [6.45, 7) is 0. The molecule has 3 aromatic rings. The molecule has 0 spiro atoms. The summed E-state index contributed by atoms with van der Waals surface area (Å²) in [5, 5.41) is 22.4. The number of hydrogen-bond donors (Lipinski definition) is 1. The molecule has 0 aliphatic heterocycles. The number of aromatic hydroxyl groups is 1. The number of aliphatic imine (C=N–C) groups is 1. The smallest absolute Gasteiger partial charge is 0.315 e. The molecule has 0 unspecified atom stereocenters. The van der Waals surface area contributed by atoms with Crippen LogP contribution in [0.25, 0.3) is 11.0 Å². The van der Waals surface area contributed by atoms with Crippen molar-refractivity contribution in [1.29, 1.82) is 0 Å². The van der Waals surface area contributed by atoms with Gasteiger partial charge in [-0.2, -0.15) is 0 Å². The quantitative estimate of drug-likeness (QED) is 0.441. The number of hydrogen-bond acceptors (Lipinski definition) is 6. The fourth-order valence-electron chi connectivity index (χ4n) is 3.26. The van der Waals surface area contributed by atoms with Gasteiger partial charge in [0.25, 0.3) is 0 Å². The van der Waals surface area contributed by atoms with Crippen LogP contribution in [0.15, 0.2) is 39.9 Å². The Morgan fingerprint density at radius 2 is 2.16 bits per heavy atom. The minimum atomic E-state index is -0.617. The fourth-order valence-corrected chi connectivity index (χ4v) is 3.26. The topological polar surface area (TPSA) is 102 Å². The van der Waals surface area contributed by atoms with E-state index in [4.69, 9.17) is 4.42 Å². The van der Waals surface area contributed by atoms with Crippen LogP contribution in [0.3, 0.4) is 0 Å². The molecule has 7 heteroatoms. The van der Waals surface area contributed by atoms with Crippen molar-refractivity contribution in [2.45, 2.75) is 25.7 Å². The van der Waals surface area contributed by atoms with Gasteiger partial charge in [0.1, 0.15) is 11.3 Å². The number of phenols is 1. The molecule has 25 heavy (non-hydrogen) atoms. The molecule has 1 aliphatic rings. The van der Waals surface area contributed by atoms with Crippen molar-refractivity contribution in [1.82, 2.24) is 4.98 Å². The maximum absolute atomic E-state index is 11.3. The Morgan fingerprint density at radius 3 is 2.92 bits per heavy atom. The van der Waals surface area contributed by atoms with E-state index in [2.05, 4.69) is 9.98 Å². The van der Waals surface area contributed by atoms with E-state index in [1.807, 2.05) is 0 Å². The van der Waals surface area contributed by atoms with Gasteiger partial charge in [-0.05, 0) is 31.4 Å². The number of rotatable bonds is 3. The Bertz CT molecular complexity index is 993. The van der Waals surface area contributed by atoms with Gasteiger partial charge in [0.15, 0.2) is 5.82 Å². The minimum Gasteiger partial charge on any atom is -0.502 e. The van der Waals surface area contributed by atoms with Gasteiger partial charge >= 0.3 is 5.69 Å². The standard InChI is InChI=1S/C18H15N3O4/c22-18-12(10-20-16-7-3-4-8-19-16)17-11-5-1-2-6-14(11)25-15(17)9-13(18)21(23)24/h3-4,7-10,22H,1-2,5-6H2/b20-10+. The highest BCUT2D eigenvalue weighted by Crippen LogP contribution is 2.41. The van der Waals surface area contributed by atoms with Gasteiger partial charge in [0.2, 0.25) is 5.75 Å². The van der Waals surface area contributed by atoms with Crippen LogP contribution in [0.1, 0.15) is 29.7 Å². The monoisotopic (exact) mass is 337 g/mol. The van der Waals surface area contributed by atoms with Crippen LogP contribution in [-0.2, 0) is 12.8 Å². The van der Waals surface area contributed by atoms with Crippen LogP contribution in [0.5, 0.6) is 5.75 Å². The van der Waals surface area contributed by atoms with Crippen LogP contribution < -0.4 is 0 Å². The summed E-state index contributed by atoms with van der Waals surface area (Å²) in [4.78, 5) is 19.0. The Labute approximate surface area is 142 Å². The number of nitrogens with zero attached hydrogens (tertiary/aromatic N) is 3. The van der Waals surface area contributed by atoms with Gasteiger partial charge in [-0.1, -0.05) is 6.07 Å². The van der Waals surface area contributed by atoms with Crippen LogP contribution in [0.4, 0.5) is 11.5 Å². The lowest BCUT2D eigenvalue weighted by molar-refractivity contribution is -0.385. The Hall–Kier alpha value is -3.22. The zero-order chi connectivity index (χ0) is 17.4. The van der Waals surface area contributed by atoms with Gasteiger partial charge in [-0.3, -0.25) is 10.1 Å². The van der Waals surface area contributed by atoms with E-state index in [1.54, 1.807) is 24.4 Å². The third kappa shape index (κ3) is 2.63. The summed E-state index contributed by atoms with van der Waals surface area (Å²) in [5.74, 6) is 0.902. The maximum atomic E-state index is 11.3. The molecule has 4 rings (SSSR count). The van der Waals surface area contributed by atoms with E-state index in [1.165, 1.54) is 12.3 Å². The van der Waals surface area contributed by atoms with E-state index < -0.39 is 10.7 Å². The lowest BCUT2D eigenvalue weighted by atomic mass is 9.93. The second-order valence-corrected chi connectivity index (χ2v) is 5.95. The zero-order valence-corrected chi connectivity index (χ0v) is 13.3. The number of pyridine rings is 1. The van der Waals surface area contributed by atoms with E-state index in [0.29, 0.717) is 22.4 Å². The number of furan rings is 1. The molecular weight excluding hydrogens is 322 g/mol. The average Bonchev–Trinajstić information content (AvgIpc) is 2.99. The normalized spacial score (nSPS) is 14.1. The number of benzene rings is 1. The molecule has 0 amide bonds. The maximum Gasteiger partial charge on any atom is 0.315 e. The molecule has 1 aromatic carbocycles. The molecule has 0 atom stereocenters. The molecule has 0 bridgehead atoms. The van der Waals surface area contributed by atoms with Crippen LogP contribution in [0, 0.1) is 10.1 Å². The van der Waals surface area contributed by atoms with Crippen molar-refractivity contribution < 1.29 is 14.4 Å². The van der Waals surface area contributed by atoms with Gasteiger partial charge in [0, 0.05) is 29.8 Å². The van der Waals surface area contributed by atoms with Crippen molar-refractivity contribution >= 4 is 28.7 Å². The van der Waals surface area contributed by atoms with Gasteiger partial charge in [-0.15, -0.1) is 0 Å². The van der Waals surface area contributed by atoms with Crippen molar-refractivity contribution in [3.63, 3.8) is 0 Å². The van der Waals surface area contributed by atoms with E-state index in [-0.39, 0.29) is 5.69 Å². The summed E-state index contributed by atoms with van der Waals surface area (Å²) >= 11 is 0. The SMILES string of the molecule is O=[N+]([O-])c1cc2oc3c(c2c(/C=N/c2ccccn2)c1O)CCCC3. The van der Waals surface area contributed by atoms with Crippen LogP contribution >= 0.6 is 0 Å². The molecule has 7 nitrogen and oxygen atoms in total. The number of nitro benzene ring substituents is 1. The number of fused-ring (bicyclic) bond motifs is 3. The van der Waals surface area contributed by atoms with Gasteiger partial charge in [-0.25, -0.2) is 9.98 Å². The van der Waals surface area contributed by atoms with E-state index >= 15 is 0 Å². The van der Waals surface area contributed by atoms with Gasteiger partial charge in [0.05, 0.1) is 16.6 Å². The van der Waals surface area contributed by atoms with Crippen molar-refractivity contribution in [2.75, 3.05) is 0 Å². The number of nitro groups is 1. The fraction of sp³-hybridized carbons (Fsp3) is 0.222. The number of phenolic OH excluding ortho intramolecular Hbond substituents is 1. The third-order valence-corrected chi connectivity index (χ3v) is 4.41. The van der Waals surface area contributed by atoms with Gasteiger partial charge < -0.3 is 9.52 Å². The molecule has 0 fully saturated rings. The van der Waals surface area contributed by atoms with Crippen molar-refractivity contribution in [3.8, 4) is 5.75 Å². The number of aromatic nitrogens is 1. The summed E-state index contributed by atoms with van der Waals surface area (Å²) in [7, 11) is 0. The third-order valence-electron chi connectivity index (χ3n) is 4.41. The lowest BCUT2D eigenvalue weighted by Gasteiger charge is -2.09. The Balaban J connectivity index is 1.96. The molecular formula is C18H15N3O4. The largest absolute Gasteiger partial charge is 0.502 e. The minimum absolute atomic E-state index is 0.307. The van der Waals surface area contributed by atoms with Crippen molar-refractivity contribution in [2.24, 2.45) is 4.99 Å². The summed E-state index contributed by atoms with van der Waals surface area (Å²) in [6.07, 6.45) is 6.71. The first-order valence-corrected chi connectivity index (χ1v) is 8.05. The molecule has 0 saturated heterocycles. The molecule has 0 radical (unpaired) electrons. The molecule has 0 saturated carbocycles. The first kappa shape index (κ1) is 15.3. The molecule has 1 N–H and O–H groups in total. The van der Waals surface area contributed by atoms with Crippen LogP contribution in [-0.4, -0.2) is 21.2 Å². The Morgan fingerprint density at radius 1 is 1.32 bits per heavy atom. The molecule has 1 aliphatic carbocycles. The van der Waals surface area contributed by atoms with Crippen molar-refractivity contribution in [3.05, 3.63) is 57.5 Å². The lowest BCUT2D eigenvalue weighted by Crippen LogP contribution is -2.00.